The molecule has 0 aliphatic carbocycles. The molecule has 3 rings (SSSR count). The molecule has 0 saturated heterocycles. The van der Waals surface area contributed by atoms with Crippen molar-refractivity contribution in [3.8, 4) is 34.5 Å². The van der Waals surface area contributed by atoms with Crippen molar-refractivity contribution in [1.82, 2.24) is 0 Å². The van der Waals surface area contributed by atoms with Crippen LogP contribution in [0.5, 0.6) is 34.5 Å². The van der Waals surface area contributed by atoms with Crippen LogP contribution >= 0.6 is 0 Å². The number of anilines is 1. The second kappa shape index (κ2) is 12.9. The molecule has 0 saturated carbocycles. The number of carbonyl (C=O) groups excluding carboxylic acids is 1. The zero-order valence-electron chi connectivity index (χ0n) is 21.8. The summed E-state index contributed by atoms with van der Waals surface area (Å²) in [4.78, 5) is 12.8. The fourth-order valence-corrected chi connectivity index (χ4v) is 3.68. The third-order valence-corrected chi connectivity index (χ3v) is 5.53. The first-order chi connectivity index (χ1) is 18.0. The van der Waals surface area contributed by atoms with Gasteiger partial charge < -0.3 is 33.7 Å². The number of rotatable bonds is 12. The van der Waals surface area contributed by atoms with Crippen molar-refractivity contribution in [2.75, 3.05) is 48.0 Å². The molecule has 0 radical (unpaired) electrons. The van der Waals surface area contributed by atoms with Gasteiger partial charge in [0.2, 0.25) is 11.5 Å². The van der Waals surface area contributed by atoms with E-state index in [1.165, 1.54) is 27.4 Å². The maximum absolute atomic E-state index is 12.8. The summed E-state index contributed by atoms with van der Waals surface area (Å²) >= 11 is 0. The second-order valence-corrected chi connectivity index (χ2v) is 7.64. The molecule has 1 N–H and O–H groups in total. The van der Waals surface area contributed by atoms with Crippen LogP contribution in [0.25, 0.3) is 12.2 Å². The second-order valence-electron chi connectivity index (χ2n) is 7.64. The molecule has 0 aliphatic rings. The van der Waals surface area contributed by atoms with Crippen LogP contribution < -0.4 is 33.7 Å². The predicted octanol–water partition coefficient (Wildman–Crippen LogP) is 5.72. The third kappa shape index (κ3) is 6.35. The van der Waals surface area contributed by atoms with Crippen LogP contribution in [0.15, 0.2) is 60.8 Å². The van der Waals surface area contributed by atoms with Gasteiger partial charge in [0.05, 0.1) is 42.7 Å². The standard InChI is InChI=1S/C29H31NO7/c1-32-24-15-19(16-25(33-2)28(24)36-5)11-12-20-9-7-8-10-22(20)30-14-13-23(31)21-17-26(34-3)29(37-6)27(18-21)35-4/h7-18,30H,1-6H3/b12-11-,14-13-. The molecule has 8 nitrogen and oxygen atoms in total. The molecule has 0 amide bonds. The largest absolute Gasteiger partial charge is 0.493 e. The summed E-state index contributed by atoms with van der Waals surface area (Å²) in [5.41, 5.74) is 3.02. The SMILES string of the molecule is COc1cc(/C=C\c2ccccc2N/C=C\C(=O)c2cc(OC)c(OC)c(OC)c2)cc(OC)c1OC. The Balaban J connectivity index is 1.80. The highest BCUT2D eigenvalue weighted by atomic mass is 16.5. The monoisotopic (exact) mass is 505 g/mol. The zero-order chi connectivity index (χ0) is 26.8. The van der Waals surface area contributed by atoms with Crippen LogP contribution in [-0.4, -0.2) is 48.4 Å². The van der Waals surface area contributed by atoms with Gasteiger partial charge in [-0.3, -0.25) is 4.79 Å². The quantitative estimate of drug-likeness (QED) is 0.190. The first-order valence-electron chi connectivity index (χ1n) is 11.3. The van der Waals surface area contributed by atoms with Gasteiger partial charge in [0, 0.05) is 23.5 Å². The lowest BCUT2D eigenvalue weighted by Gasteiger charge is -2.13. The summed E-state index contributed by atoms with van der Waals surface area (Å²) in [6, 6.07) is 14.7. The number of para-hydroxylation sites is 1. The van der Waals surface area contributed by atoms with E-state index in [0.717, 1.165) is 16.8 Å². The maximum atomic E-state index is 12.8. The van der Waals surface area contributed by atoms with Gasteiger partial charge in [-0.25, -0.2) is 0 Å². The Morgan fingerprint density at radius 1 is 0.676 bits per heavy atom. The third-order valence-electron chi connectivity index (χ3n) is 5.53. The Morgan fingerprint density at radius 2 is 1.19 bits per heavy atom. The minimum Gasteiger partial charge on any atom is -0.493 e. The molecule has 0 fully saturated rings. The molecule has 3 aromatic carbocycles. The minimum absolute atomic E-state index is 0.225. The number of allylic oxidation sites excluding steroid dienone is 1. The lowest BCUT2D eigenvalue weighted by Crippen LogP contribution is -2.01. The van der Waals surface area contributed by atoms with Crippen molar-refractivity contribution in [1.29, 1.82) is 0 Å². The van der Waals surface area contributed by atoms with E-state index in [4.69, 9.17) is 28.4 Å². The molecule has 194 valence electrons. The molecule has 0 bridgehead atoms. The van der Waals surface area contributed by atoms with E-state index in [-0.39, 0.29) is 5.78 Å². The summed E-state index contributed by atoms with van der Waals surface area (Å²) < 4.78 is 32.3. The highest BCUT2D eigenvalue weighted by Crippen LogP contribution is 2.39. The first-order valence-corrected chi connectivity index (χ1v) is 11.3. The Bertz CT molecular complexity index is 1250. The summed E-state index contributed by atoms with van der Waals surface area (Å²) in [6.45, 7) is 0. The average molecular weight is 506 g/mol. The normalized spacial score (nSPS) is 10.9. The summed E-state index contributed by atoms with van der Waals surface area (Å²) in [5, 5.41) is 3.18. The fourth-order valence-electron chi connectivity index (χ4n) is 3.68. The Morgan fingerprint density at radius 3 is 1.70 bits per heavy atom. The topological polar surface area (TPSA) is 84.5 Å². The van der Waals surface area contributed by atoms with E-state index in [2.05, 4.69) is 5.32 Å². The van der Waals surface area contributed by atoms with Gasteiger partial charge in [-0.2, -0.15) is 0 Å². The van der Waals surface area contributed by atoms with Gasteiger partial charge in [0.25, 0.3) is 0 Å². The van der Waals surface area contributed by atoms with Crippen LogP contribution in [0.3, 0.4) is 0 Å². The molecule has 37 heavy (non-hydrogen) atoms. The number of methoxy groups -OCH3 is 6. The molecule has 0 unspecified atom stereocenters. The van der Waals surface area contributed by atoms with E-state index >= 15 is 0 Å². The molecule has 8 heteroatoms. The summed E-state index contributed by atoms with van der Waals surface area (Å²) in [5.74, 6) is 2.70. The van der Waals surface area contributed by atoms with Gasteiger partial charge >= 0.3 is 0 Å². The van der Waals surface area contributed by atoms with Gasteiger partial charge in [-0.1, -0.05) is 30.4 Å². The molecule has 0 spiro atoms. The van der Waals surface area contributed by atoms with E-state index < -0.39 is 0 Å². The molecule has 3 aromatic rings. The average Bonchev–Trinajstić information content (AvgIpc) is 2.94. The molecule has 0 atom stereocenters. The maximum Gasteiger partial charge on any atom is 0.203 e. The van der Waals surface area contributed by atoms with E-state index in [0.29, 0.717) is 40.1 Å². The van der Waals surface area contributed by atoms with E-state index in [1.54, 1.807) is 39.7 Å². The molecular formula is C29H31NO7. The van der Waals surface area contributed by atoms with E-state index in [1.807, 2.05) is 48.6 Å². The predicted molar refractivity (Wildman–Crippen MR) is 145 cm³/mol. The lowest BCUT2D eigenvalue weighted by atomic mass is 10.1. The van der Waals surface area contributed by atoms with Gasteiger partial charge in [0.1, 0.15) is 0 Å². The van der Waals surface area contributed by atoms with Crippen molar-refractivity contribution in [3.05, 3.63) is 77.5 Å². The van der Waals surface area contributed by atoms with E-state index in [9.17, 15) is 4.79 Å². The number of carbonyl (C=O) groups is 1. The van der Waals surface area contributed by atoms with Crippen LogP contribution in [0.1, 0.15) is 21.5 Å². The van der Waals surface area contributed by atoms with Crippen molar-refractivity contribution in [3.63, 3.8) is 0 Å². The number of nitrogens with one attached hydrogen (secondary N) is 1. The number of ether oxygens (including phenoxy) is 6. The molecule has 0 aliphatic heterocycles. The van der Waals surface area contributed by atoms with Crippen LogP contribution in [-0.2, 0) is 0 Å². The fraction of sp³-hybridized carbons (Fsp3) is 0.207. The number of ketones is 1. The highest BCUT2D eigenvalue weighted by molar-refractivity contribution is 6.05. The summed E-state index contributed by atoms with van der Waals surface area (Å²) in [7, 11) is 9.25. The van der Waals surface area contributed by atoms with Gasteiger partial charge in [-0.05, 0) is 41.5 Å². The Kier molecular flexibility index (Phi) is 9.43. The van der Waals surface area contributed by atoms with Crippen molar-refractivity contribution >= 4 is 23.6 Å². The molecule has 0 heterocycles. The smallest absolute Gasteiger partial charge is 0.203 e. The van der Waals surface area contributed by atoms with Crippen molar-refractivity contribution in [2.45, 2.75) is 0 Å². The Labute approximate surface area is 217 Å². The summed E-state index contributed by atoms with van der Waals surface area (Å²) in [6.07, 6.45) is 6.94. The highest BCUT2D eigenvalue weighted by Gasteiger charge is 2.16. The van der Waals surface area contributed by atoms with Crippen molar-refractivity contribution < 1.29 is 33.2 Å². The van der Waals surface area contributed by atoms with Crippen LogP contribution in [0.2, 0.25) is 0 Å². The Hall–Kier alpha value is -4.59. The minimum atomic E-state index is -0.225. The first kappa shape index (κ1) is 27.0. The molecule has 0 aromatic heterocycles. The van der Waals surface area contributed by atoms with Crippen LogP contribution in [0, 0.1) is 0 Å². The van der Waals surface area contributed by atoms with Gasteiger partial charge in [0.15, 0.2) is 28.8 Å². The van der Waals surface area contributed by atoms with Gasteiger partial charge in [-0.15, -0.1) is 0 Å². The number of hydrogen-bond acceptors (Lipinski definition) is 8. The number of benzene rings is 3. The molecular weight excluding hydrogens is 474 g/mol. The van der Waals surface area contributed by atoms with Crippen LogP contribution in [0.4, 0.5) is 5.69 Å². The lowest BCUT2D eigenvalue weighted by molar-refractivity contribution is 0.104. The van der Waals surface area contributed by atoms with Crippen molar-refractivity contribution in [2.24, 2.45) is 0 Å². The number of hydrogen-bond donors (Lipinski definition) is 1. The zero-order valence-corrected chi connectivity index (χ0v) is 21.8.